The summed E-state index contributed by atoms with van der Waals surface area (Å²) in [4.78, 5) is 28.2. The number of nitrogens with one attached hydrogen (secondary N) is 1. The Morgan fingerprint density at radius 2 is 1.72 bits per heavy atom. The Kier molecular flexibility index (Phi) is 9.19. The second-order valence-electron chi connectivity index (χ2n) is 8.98. The third-order valence-electron chi connectivity index (χ3n) is 6.40. The lowest BCUT2D eigenvalue weighted by Crippen LogP contribution is -2.52. The summed E-state index contributed by atoms with van der Waals surface area (Å²) in [5.74, 6) is -0.0766. The van der Waals surface area contributed by atoms with Crippen molar-refractivity contribution >= 4 is 27.5 Å². The van der Waals surface area contributed by atoms with Crippen LogP contribution in [0.15, 0.2) is 48.5 Å². The highest BCUT2D eigenvalue weighted by Crippen LogP contribution is 2.34. The van der Waals surface area contributed by atoms with Gasteiger partial charge in [0.05, 0.1) is 26.2 Å². The van der Waals surface area contributed by atoms with Gasteiger partial charge in [0, 0.05) is 18.7 Å². The standard InChI is InChI=1S/C26H35N3O6S/c1-19(26(31)27-21-12-8-9-13-21)28(17-20-10-6-5-7-11-20)25(30)18-29(36(4,32)33)23-16-22(34-2)14-15-24(23)35-3/h5-7,10-11,14-16,19,21H,8-9,12-13,17-18H2,1-4H3,(H,27,31)/t19-/m1/s1. The molecule has 0 radical (unpaired) electrons. The molecule has 2 aromatic rings. The Hall–Kier alpha value is -3.27. The molecule has 0 heterocycles. The number of sulfonamides is 1. The molecule has 0 unspecified atom stereocenters. The summed E-state index contributed by atoms with van der Waals surface area (Å²) in [5.41, 5.74) is 1.01. The fourth-order valence-corrected chi connectivity index (χ4v) is 5.19. The monoisotopic (exact) mass is 517 g/mol. The number of benzene rings is 2. The topological polar surface area (TPSA) is 105 Å². The molecule has 1 saturated carbocycles. The summed E-state index contributed by atoms with van der Waals surface area (Å²) in [6.07, 6.45) is 5.00. The van der Waals surface area contributed by atoms with Gasteiger partial charge in [-0.2, -0.15) is 0 Å². The van der Waals surface area contributed by atoms with Crippen LogP contribution in [-0.4, -0.2) is 64.2 Å². The van der Waals surface area contributed by atoms with Gasteiger partial charge in [0.2, 0.25) is 21.8 Å². The summed E-state index contributed by atoms with van der Waals surface area (Å²) >= 11 is 0. The predicted molar refractivity (Wildman–Crippen MR) is 139 cm³/mol. The van der Waals surface area contributed by atoms with Crippen LogP contribution < -0.4 is 19.1 Å². The summed E-state index contributed by atoms with van der Waals surface area (Å²) in [6, 6.07) is 13.3. The number of nitrogens with zero attached hydrogens (tertiary/aromatic N) is 2. The second-order valence-corrected chi connectivity index (χ2v) is 10.9. The van der Waals surface area contributed by atoms with E-state index in [9.17, 15) is 18.0 Å². The molecule has 0 saturated heterocycles. The van der Waals surface area contributed by atoms with Crippen molar-refractivity contribution in [1.82, 2.24) is 10.2 Å². The van der Waals surface area contributed by atoms with Gasteiger partial charge in [0.25, 0.3) is 0 Å². The maximum atomic E-state index is 13.7. The zero-order valence-electron chi connectivity index (χ0n) is 21.3. The smallest absolute Gasteiger partial charge is 0.244 e. The molecule has 1 atom stereocenters. The molecule has 1 fully saturated rings. The minimum atomic E-state index is -3.89. The van der Waals surface area contributed by atoms with Gasteiger partial charge in [-0.15, -0.1) is 0 Å². The molecule has 0 aliphatic heterocycles. The van der Waals surface area contributed by atoms with Crippen LogP contribution in [0.3, 0.4) is 0 Å². The van der Waals surface area contributed by atoms with Crippen molar-refractivity contribution in [3.63, 3.8) is 0 Å². The van der Waals surface area contributed by atoms with Gasteiger partial charge < -0.3 is 19.7 Å². The largest absolute Gasteiger partial charge is 0.497 e. The average molecular weight is 518 g/mol. The van der Waals surface area contributed by atoms with Gasteiger partial charge >= 0.3 is 0 Å². The number of amides is 2. The number of rotatable bonds is 11. The lowest BCUT2D eigenvalue weighted by Gasteiger charge is -2.32. The van der Waals surface area contributed by atoms with E-state index in [0.29, 0.717) is 5.75 Å². The van der Waals surface area contributed by atoms with Gasteiger partial charge in [0.15, 0.2) is 0 Å². The average Bonchev–Trinajstić information content (AvgIpc) is 3.37. The highest BCUT2D eigenvalue weighted by atomic mass is 32.2. The molecule has 196 valence electrons. The summed E-state index contributed by atoms with van der Waals surface area (Å²) in [6.45, 7) is 1.32. The first-order valence-electron chi connectivity index (χ1n) is 12.0. The molecule has 0 aromatic heterocycles. The minimum Gasteiger partial charge on any atom is -0.497 e. The Morgan fingerprint density at radius 1 is 1.06 bits per heavy atom. The van der Waals surface area contributed by atoms with E-state index in [1.807, 2.05) is 30.3 Å². The van der Waals surface area contributed by atoms with E-state index in [0.717, 1.165) is 41.8 Å². The third kappa shape index (κ3) is 6.90. The molecule has 3 rings (SSSR count). The summed E-state index contributed by atoms with van der Waals surface area (Å²) in [5, 5.41) is 3.05. The molecule has 10 heteroatoms. The molecule has 36 heavy (non-hydrogen) atoms. The van der Waals surface area contributed by atoms with Crippen molar-refractivity contribution in [1.29, 1.82) is 0 Å². The van der Waals surface area contributed by atoms with Crippen LogP contribution in [0.4, 0.5) is 5.69 Å². The molecular weight excluding hydrogens is 482 g/mol. The molecule has 9 nitrogen and oxygen atoms in total. The molecule has 2 aromatic carbocycles. The molecule has 0 spiro atoms. The van der Waals surface area contributed by atoms with Crippen molar-refractivity contribution in [2.75, 3.05) is 31.3 Å². The molecule has 0 bridgehead atoms. The Labute approximate surface area is 213 Å². The lowest BCUT2D eigenvalue weighted by molar-refractivity contribution is -0.139. The van der Waals surface area contributed by atoms with Crippen LogP contribution in [0.1, 0.15) is 38.2 Å². The molecule has 1 N–H and O–H groups in total. The number of carbonyl (C=O) groups excluding carboxylic acids is 2. The number of carbonyl (C=O) groups is 2. The fourth-order valence-electron chi connectivity index (χ4n) is 4.34. The van der Waals surface area contributed by atoms with Crippen molar-refractivity contribution in [3.8, 4) is 11.5 Å². The number of ether oxygens (including phenoxy) is 2. The lowest BCUT2D eigenvalue weighted by atomic mass is 10.1. The van der Waals surface area contributed by atoms with Crippen LogP contribution in [0.2, 0.25) is 0 Å². The van der Waals surface area contributed by atoms with Gasteiger partial charge in [-0.05, 0) is 37.5 Å². The maximum Gasteiger partial charge on any atom is 0.244 e. The zero-order chi connectivity index (χ0) is 26.3. The first-order chi connectivity index (χ1) is 17.1. The number of hydrogen-bond donors (Lipinski definition) is 1. The van der Waals surface area contributed by atoms with E-state index in [4.69, 9.17) is 9.47 Å². The SMILES string of the molecule is COc1ccc(OC)c(N(CC(=O)N(Cc2ccccc2)[C@H](C)C(=O)NC2CCCC2)S(C)(=O)=O)c1. The van der Waals surface area contributed by atoms with Gasteiger partial charge in [0.1, 0.15) is 24.1 Å². The third-order valence-corrected chi connectivity index (χ3v) is 7.52. The highest BCUT2D eigenvalue weighted by Gasteiger charge is 2.32. The minimum absolute atomic E-state index is 0.0993. The zero-order valence-corrected chi connectivity index (χ0v) is 22.1. The molecule has 1 aliphatic carbocycles. The van der Waals surface area contributed by atoms with E-state index in [1.54, 1.807) is 19.1 Å². The van der Waals surface area contributed by atoms with E-state index >= 15 is 0 Å². The first-order valence-corrected chi connectivity index (χ1v) is 13.8. The fraction of sp³-hybridized carbons (Fsp3) is 0.462. The van der Waals surface area contributed by atoms with Crippen LogP contribution in [-0.2, 0) is 26.2 Å². The van der Waals surface area contributed by atoms with Crippen LogP contribution in [0, 0.1) is 0 Å². The van der Waals surface area contributed by atoms with Gasteiger partial charge in [-0.3, -0.25) is 13.9 Å². The first kappa shape index (κ1) is 27.3. The van der Waals surface area contributed by atoms with Crippen molar-refractivity contribution in [2.24, 2.45) is 0 Å². The van der Waals surface area contributed by atoms with Crippen molar-refractivity contribution in [3.05, 3.63) is 54.1 Å². The second kappa shape index (κ2) is 12.1. The van der Waals surface area contributed by atoms with Crippen molar-refractivity contribution < 1.29 is 27.5 Å². The van der Waals surface area contributed by atoms with Crippen LogP contribution >= 0.6 is 0 Å². The Morgan fingerprint density at radius 3 is 2.31 bits per heavy atom. The normalized spacial score (nSPS) is 14.7. The maximum absolute atomic E-state index is 13.7. The summed E-state index contributed by atoms with van der Waals surface area (Å²) < 4.78 is 37.3. The number of hydrogen-bond acceptors (Lipinski definition) is 6. The van der Waals surface area contributed by atoms with Crippen LogP contribution in [0.25, 0.3) is 0 Å². The molecule has 1 aliphatic rings. The van der Waals surface area contributed by atoms with Gasteiger partial charge in [-0.1, -0.05) is 43.2 Å². The van der Waals surface area contributed by atoms with Crippen LogP contribution in [0.5, 0.6) is 11.5 Å². The molecular formula is C26H35N3O6S. The Bertz CT molecular complexity index is 1150. The van der Waals surface area contributed by atoms with Crippen molar-refractivity contribution in [2.45, 2.75) is 51.2 Å². The van der Waals surface area contributed by atoms with Gasteiger partial charge in [-0.25, -0.2) is 8.42 Å². The van der Waals surface area contributed by atoms with E-state index < -0.39 is 28.5 Å². The number of methoxy groups -OCH3 is 2. The Balaban J connectivity index is 1.92. The van der Waals surface area contributed by atoms with E-state index in [1.165, 1.54) is 25.2 Å². The van der Waals surface area contributed by atoms with E-state index in [-0.39, 0.29) is 29.9 Å². The predicted octanol–water partition coefficient (Wildman–Crippen LogP) is 2.95. The summed E-state index contributed by atoms with van der Waals surface area (Å²) in [7, 11) is -1.00. The van der Waals surface area contributed by atoms with E-state index in [2.05, 4.69) is 5.32 Å². The molecule has 2 amide bonds. The highest BCUT2D eigenvalue weighted by molar-refractivity contribution is 7.92. The number of anilines is 1. The quantitative estimate of drug-likeness (QED) is 0.491.